The van der Waals surface area contributed by atoms with Crippen molar-refractivity contribution < 1.29 is 72.0 Å². The van der Waals surface area contributed by atoms with E-state index in [2.05, 4.69) is 10.4 Å². The van der Waals surface area contributed by atoms with Crippen molar-refractivity contribution in [3.63, 3.8) is 0 Å². The Morgan fingerprint density at radius 2 is 1.64 bits per heavy atom. The summed E-state index contributed by atoms with van der Waals surface area (Å²) in [6, 6.07) is 5.11. The van der Waals surface area contributed by atoms with E-state index in [1.807, 2.05) is 4.90 Å². The van der Waals surface area contributed by atoms with Crippen LogP contribution < -0.4 is 10.1 Å². The summed E-state index contributed by atoms with van der Waals surface area (Å²) >= 11 is 0. The molecule has 0 aliphatic carbocycles. The van der Waals surface area contributed by atoms with E-state index in [0.717, 1.165) is 18.4 Å². The number of hydrogen-bond acceptors (Lipinski definition) is 15. The number of ketones is 1. The maximum atomic E-state index is 14.6. The van der Waals surface area contributed by atoms with Gasteiger partial charge in [0.1, 0.15) is 23.4 Å². The van der Waals surface area contributed by atoms with Gasteiger partial charge in [0.05, 0.1) is 58.6 Å². The predicted molar refractivity (Wildman–Crippen MR) is 250 cm³/mol. The molecule has 0 unspecified atom stereocenters. The molecular weight excluding hydrogens is 906 g/mol. The highest BCUT2D eigenvalue weighted by atomic mass is 19.4. The van der Waals surface area contributed by atoms with Gasteiger partial charge in [-0.05, 0) is 31.6 Å². The summed E-state index contributed by atoms with van der Waals surface area (Å²) in [6.45, 7) is 13.9. The van der Waals surface area contributed by atoms with Gasteiger partial charge in [-0.15, -0.1) is 0 Å². The molecule has 0 spiro atoms. The highest BCUT2D eigenvalue weighted by Crippen LogP contribution is 2.55. The molecule has 1 amide bonds. The van der Waals surface area contributed by atoms with Crippen LogP contribution in [0.5, 0.6) is 23.0 Å². The Morgan fingerprint density at radius 1 is 0.957 bits per heavy atom. The number of phenolic OH excluding ortho intramolecular Hbond substituents is 3. The van der Waals surface area contributed by atoms with Crippen molar-refractivity contribution >= 4 is 40.3 Å². The molecule has 69 heavy (non-hydrogen) atoms. The average molecular weight is 967 g/mol. The third-order valence-electron chi connectivity index (χ3n) is 13.4. The first-order chi connectivity index (χ1) is 32.4. The lowest BCUT2D eigenvalue weighted by molar-refractivity contribution is -0.160. The number of amides is 1. The second kappa shape index (κ2) is 20.8. The number of ether oxygens (including phenoxy) is 4. The number of esters is 1. The van der Waals surface area contributed by atoms with Crippen molar-refractivity contribution in [3.8, 4) is 23.0 Å². The Morgan fingerprint density at radius 3 is 2.28 bits per heavy atom. The van der Waals surface area contributed by atoms with E-state index in [9.17, 15) is 53.1 Å². The Hall–Kier alpha value is -6.15. The van der Waals surface area contributed by atoms with Crippen LogP contribution in [0.4, 0.5) is 18.9 Å². The summed E-state index contributed by atoms with van der Waals surface area (Å²) in [5.41, 5.74) is -1.02. The van der Waals surface area contributed by atoms with Crippen molar-refractivity contribution in [3.05, 3.63) is 88.2 Å². The number of carbonyl (C=O) groups excluding carboxylic acids is 3. The van der Waals surface area contributed by atoms with Crippen molar-refractivity contribution in [2.24, 2.45) is 28.8 Å². The fourth-order valence-corrected chi connectivity index (χ4v) is 9.13. The minimum absolute atomic E-state index is 0.00372. The molecule has 3 aromatic carbocycles. The number of Topliss-reactive ketones (excluding diaryl/α,β-unsaturated/α-hetero) is 1. The van der Waals surface area contributed by atoms with Crippen molar-refractivity contribution in [1.82, 2.24) is 9.91 Å². The van der Waals surface area contributed by atoms with Gasteiger partial charge in [0.15, 0.2) is 5.75 Å². The number of aromatic hydroxyl groups is 3. The molecule has 3 aromatic rings. The number of aliphatic hydroxyl groups is 2. The van der Waals surface area contributed by atoms with E-state index in [0.29, 0.717) is 31.7 Å². The highest BCUT2D eigenvalue weighted by Gasteiger charge is 2.50. The number of phenols is 3. The number of hydrazone groups is 1. The molecule has 7 rings (SSSR count). The molecule has 16 nitrogen and oxygen atoms in total. The molecular formula is C50H61F3N4O12. The number of aliphatic hydroxyl groups excluding tert-OH is 2. The number of carbonyl (C=O) groups is 3. The van der Waals surface area contributed by atoms with Crippen LogP contribution in [-0.2, 0) is 36.5 Å². The number of anilines is 1. The van der Waals surface area contributed by atoms with Crippen molar-refractivity contribution in [2.45, 2.75) is 98.3 Å². The molecule has 4 aliphatic heterocycles. The smallest absolute Gasteiger partial charge is 0.416 e. The molecule has 5 bridgehead atoms. The normalized spacial score (nSPS) is 29.4. The molecule has 6 N–H and O–H groups in total. The van der Waals surface area contributed by atoms with Gasteiger partial charge in [-0.2, -0.15) is 18.3 Å². The molecule has 9 atom stereocenters. The second-order valence-corrected chi connectivity index (χ2v) is 18.3. The van der Waals surface area contributed by atoms with Crippen LogP contribution >= 0.6 is 0 Å². The SMILES string of the molecule is CO[C@H]1/C=C/O[C@@]2(C)Oc3c(C)c(O)c4c(O)c(c(/C=N\N5CCN(Cc6cccc(C(F)(F)F)c6)CC5)c(O)c4c3C2=O)NC(=O)/C(C)=C\C=C\[C@H](C)[C@H](O)[C@@H](C)[C@@H](O)[C@@H](C)[C@H](OC(C)=O)[C@@H]1C. The lowest BCUT2D eigenvalue weighted by Crippen LogP contribution is -2.46. The Labute approximate surface area is 398 Å². The minimum atomic E-state index is -4.48. The first kappa shape index (κ1) is 52.2. The van der Waals surface area contributed by atoms with Gasteiger partial charge in [0.25, 0.3) is 11.7 Å². The third kappa shape index (κ3) is 10.9. The van der Waals surface area contributed by atoms with Crippen LogP contribution in [0.15, 0.2) is 65.5 Å². The minimum Gasteiger partial charge on any atom is -0.507 e. The second-order valence-electron chi connectivity index (χ2n) is 18.3. The van der Waals surface area contributed by atoms with Gasteiger partial charge in [0, 0.05) is 93.9 Å². The van der Waals surface area contributed by atoms with E-state index in [1.54, 1.807) is 50.9 Å². The standard InChI is InChI=1S/C50H61F3N4O12/c1-25-12-10-13-26(2)48(65)55-39-34(23-54-57-19-17-56(18-20-57)24-32-14-11-15-33(22-32)50(51,52)53)43(62)36-37(44(39)63)42(61)30(6)46-38(36)47(64)49(8,69-46)67-21-16-35(66-9)27(3)45(68-31(7)58)29(5)41(60)28(4)40(25)59/h10-16,21-23,25,27-29,35,40-41,45,59-63H,17-20,24H2,1-9H3,(H,55,65)/b12-10+,21-16+,26-13-,54-23-/t25-,27+,28+,29+,35-,40-,41+,45+,49-/m0/s1. The summed E-state index contributed by atoms with van der Waals surface area (Å²) in [5.74, 6) is -9.08. The molecule has 0 radical (unpaired) electrons. The van der Waals surface area contributed by atoms with E-state index in [1.165, 1.54) is 59.2 Å². The van der Waals surface area contributed by atoms with Crippen LogP contribution in [0.25, 0.3) is 10.8 Å². The molecule has 1 saturated heterocycles. The van der Waals surface area contributed by atoms with Gasteiger partial charge in [-0.3, -0.25) is 24.3 Å². The first-order valence-electron chi connectivity index (χ1n) is 22.6. The van der Waals surface area contributed by atoms with Gasteiger partial charge in [-0.1, -0.05) is 64.1 Å². The average Bonchev–Trinajstić information content (AvgIpc) is 3.57. The lowest BCUT2D eigenvalue weighted by atomic mass is 9.78. The predicted octanol–water partition coefficient (Wildman–Crippen LogP) is 6.92. The molecule has 0 aromatic heterocycles. The van der Waals surface area contributed by atoms with Gasteiger partial charge < -0.3 is 49.8 Å². The van der Waals surface area contributed by atoms with E-state index >= 15 is 0 Å². The van der Waals surface area contributed by atoms with Crippen LogP contribution in [0, 0.1) is 30.6 Å². The maximum absolute atomic E-state index is 14.6. The van der Waals surface area contributed by atoms with E-state index in [-0.39, 0.29) is 51.0 Å². The van der Waals surface area contributed by atoms with E-state index in [4.69, 9.17) is 18.9 Å². The quantitative estimate of drug-likeness (QED) is 0.0639. The zero-order chi connectivity index (χ0) is 50.9. The van der Waals surface area contributed by atoms with Crippen molar-refractivity contribution in [1.29, 1.82) is 0 Å². The third-order valence-corrected chi connectivity index (χ3v) is 13.4. The first-order valence-corrected chi connectivity index (χ1v) is 22.6. The highest BCUT2D eigenvalue weighted by molar-refractivity contribution is 6.23. The number of fused-ring (bicyclic) bond motifs is 14. The lowest BCUT2D eigenvalue weighted by Gasteiger charge is -2.38. The van der Waals surface area contributed by atoms with Gasteiger partial charge in [-0.25, -0.2) is 0 Å². The summed E-state index contributed by atoms with van der Waals surface area (Å²) < 4.78 is 63.8. The molecule has 4 aliphatic rings. The van der Waals surface area contributed by atoms with Gasteiger partial charge in [0.2, 0.25) is 0 Å². The Kier molecular flexibility index (Phi) is 15.8. The van der Waals surface area contributed by atoms with Gasteiger partial charge >= 0.3 is 17.9 Å². The van der Waals surface area contributed by atoms with Crippen LogP contribution in [0.2, 0.25) is 0 Å². The largest absolute Gasteiger partial charge is 0.507 e. The maximum Gasteiger partial charge on any atom is 0.416 e. The monoisotopic (exact) mass is 966 g/mol. The Balaban J connectivity index is 1.43. The van der Waals surface area contributed by atoms with E-state index < -0.39 is 101 Å². The topological polar surface area (TPSA) is 220 Å². The molecule has 374 valence electrons. The number of nitrogens with zero attached hydrogens (tertiary/aromatic N) is 3. The number of alkyl halides is 3. The zero-order valence-corrected chi connectivity index (χ0v) is 40.0. The molecule has 19 heteroatoms. The summed E-state index contributed by atoms with van der Waals surface area (Å²) in [5, 5.41) is 67.0. The number of nitrogens with one attached hydrogen (secondary N) is 1. The number of allylic oxidation sites excluding steroid dienone is 2. The van der Waals surface area contributed by atoms with Crippen LogP contribution in [-0.4, -0.2) is 123 Å². The summed E-state index contributed by atoms with van der Waals surface area (Å²) in [6.07, 6.45) is -0.100. The van der Waals surface area contributed by atoms with Crippen molar-refractivity contribution in [2.75, 3.05) is 38.6 Å². The number of benzene rings is 3. The number of piperazine rings is 1. The zero-order valence-electron chi connectivity index (χ0n) is 40.0. The fourth-order valence-electron chi connectivity index (χ4n) is 9.13. The van der Waals surface area contributed by atoms with Crippen LogP contribution in [0.3, 0.4) is 0 Å². The molecule has 1 fully saturated rings. The number of hydrogen-bond donors (Lipinski definition) is 6. The summed E-state index contributed by atoms with van der Waals surface area (Å²) in [7, 11) is 1.41. The van der Waals surface area contributed by atoms with Crippen LogP contribution in [0.1, 0.15) is 81.1 Å². The molecule has 4 heterocycles. The number of methoxy groups -OCH3 is 1. The Bertz CT molecular complexity index is 2570. The summed E-state index contributed by atoms with van der Waals surface area (Å²) in [4.78, 5) is 42.8. The molecule has 0 saturated carbocycles. The fraction of sp³-hybridized carbons (Fsp3) is 0.480. The number of rotatable bonds is 6. The number of halogens is 3.